The molecule has 0 saturated heterocycles. The third-order valence-electron chi connectivity index (χ3n) is 5.78. The number of aromatic nitrogens is 1. The van der Waals surface area contributed by atoms with Crippen molar-refractivity contribution in [1.82, 2.24) is 9.88 Å². The average Bonchev–Trinajstić information content (AvgIpc) is 3.02. The number of carbonyl (C=O) groups is 1. The van der Waals surface area contributed by atoms with Gasteiger partial charge in [-0.2, -0.15) is 0 Å². The van der Waals surface area contributed by atoms with Crippen LogP contribution in [0.3, 0.4) is 0 Å². The smallest absolute Gasteiger partial charge is 0.251 e. The number of aryl methyl sites for hydroxylation is 2. The summed E-state index contributed by atoms with van der Waals surface area (Å²) in [6.07, 6.45) is 3.54. The van der Waals surface area contributed by atoms with Gasteiger partial charge in [0.1, 0.15) is 0 Å². The maximum absolute atomic E-state index is 12.5. The Hall–Kier alpha value is -2.81. The highest BCUT2D eigenvalue weighted by atomic mass is 16.1. The summed E-state index contributed by atoms with van der Waals surface area (Å²) in [5.74, 6) is 0.731. The van der Waals surface area contributed by atoms with Crippen LogP contribution in [0.15, 0.2) is 54.6 Å². The summed E-state index contributed by atoms with van der Waals surface area (Å²) in [4.78, 5) is 12.5. The summed E-state index contributed by atoms with van der Waals surface area (Å²) in [7, 11) is 0. The van der Waals surface area contributed by atoms with Crippen molar-refractivity contribution in [3.63, 3.8) is 0 Å². The highest BCUT2D eigenvalue weighted by Gasteiger charge is 2.21. The standard InChI is InChI=1S/C25H28N2O/c1-17-4-7-20(8-5-17)16-26-25(28)21-9-11-23(12-10-21)27-19(3)15-22-14-18(2)6-13-24(22)27/h4-5,7-12,15,18H,6,13-14,16H2,1-3H3,(H,26,28)/t18-/m0/s1. The van der Waals surface area contributed by atoms with Crippen molar-refractivity contribution >= 4 is 5.91 Å². The molecule has 3 nitrogen and oxygen atoms in total. The zero-order valence-corrected chi connectivity index (χ0v) is 17.0. The van der Waals surface area contributed by atoms with E-state index in [1.54, 1.807) is 0 Å². The molecule has 144 valence electrons. The Bertz CT molecular complexity index is 981. The molecule has 0 bridgehead atoms. The number of nitrogens with one attached hydrogen (secondary N) is 1. The van der Waals surface area contributed by atoms with E-state index < -0.39 is 0 Å². The molecule has 1 heterocycles. The van der Waals surface area contributed by atoms with Crippen molar-refractivity contribution in [3.05, 3.63) is 88.2 Å². The Labute approximate surface area is 167 Å². The first-order valence-electron chi connectivity index (χ1n) is 10.2. The molecule has 2 aromatic carbocycles. The molecule has 28 heavy (non-hydrogen) atoms. The normalized spacial score (nSPS) is 15.9. The van der Waals surface area contributed by atoms with Crippen LogP contribution in [0.2, 0.25) is 0 Å². The number of rotatable bonds is 4. The molecule has 1 amide bonds. The Morgan fingerprint density at radius 3 is 2.50 bits per heavy atom. The number of fused-ring (bicyclic) bond motifs is 1. The van der Waals surface area contributed by atoms with E-state index in [0.717, 1.165) is 23.6 Å². The van der Waals surface area contributed by atoms with Gasteiger partial charge in [-0.1, -0.05) is 36.8 Å². The molecule has 1 atom stereocenters. The van der Waals surface area contributed by atoms with E-state index in [4.69, 9.17) is 0 Å². The third-order valence-corrected chi connectivity index (χ3v) is 5.78. The highest BCUT2D eigenvalue weighted by Crippen LogP contribution is 2.30. The Kier molecular flexibility index (Phi) is 5.08. The lowest BCUT2D eigenvalue weighted by Gasteiger charge is -2.21. The van der Waals surface area contributed by atoms with Gasteiger partial charge in [-0.3, -0.25) is 4.79 Å². The quantitative estimate of drug-likeness (QED) is 0.675. The predicted octanol–water partition coefficient (Wildman–Crippen LogP) is 5.15. The molecular weight excluding hydrogens is 344 g/mol. The van der Waals surface area contributed by atoms with Crippen LogP contribution in [0, 0.1) is 19.8 Å². The topological polar surface area (TPSA) is 34.0 Å². The molecule has 0 fully saturated rings. The van der Waals surface area contributed by atoms with Crippen LogP contribution < -0.4 is 5.32 Å². The SMILES string of the molecule is Cc1ccc(CNC(=O)c2ccc(-n3c(C)cc4c3CC[C@H](C)C4)cc2)cc1. The van der Waals surface area contributed by atoms with Gasteiger partial charge in [0.15, 0.2) is 0 Å². The summed E-state index contributed by atoms with van der Waals surface area (Å²) in [6, 6.07) is 18.5. The van der Waals surface area contributed by atoms with E-state index in [2.05, 4.69) is 73.1 Å². The van der Waals surface area contributed by atoms with Crippen molar-refractivity contribution in [1.29, 1.82) is 0 Å². The lowest BCUT2D eigenvalue weighted by atomic mass is 9.89. The molecule has 3 aromatic rings. The van der Waals surface area contributed by atoms with Gasteiger partial charge in [0.2, 0.25) is 0 Å². The molecule has 0 saturated carbocycles. The molecule has 0 spiro atoms. The first kappa shape index (κ1) is 18.5. The third kappa shape index (κ3) is 3.75. The van der Waals surface area contributed by atoms with Crippen molar-refractivity contribution in [2.75, 3.05) is 0 Å². The van der Waals surface area contributed by atoms with Crippen LogP contribution in [0.1, 0.15) is 51.8 Å². The van der Waals surface area contributed by atoms with E-state index in [1.807, 2.05) is 12.1 Å². The van der Waals surface area contributed by atoms with Crippen LogP contribution in [0.4, 0.5) is 0 Å². The van der Waals surface area contributed by atoms with Gasteiger partial charge < -0.3 is 9.88 Å². The first-order valence-corrected chi connectivity index (χ1v) is 10.2. The maximum Gasteiger partial charge on any atom is 0.251 e. The fourth-order valence-electron chi connectivity index (χ4n) is 4.18. The molecule has 0 unspecified atom stereocenters. The Balaban J connectivity index is 1.48. The van der Waals surface area contributed by atoms with Crippen LogP contribution in [-0.2, 0) is 19.4 Å². The molecule has 0 aliphatic heterocycles. The summed E-state index contributed by atoms with van der Waals surface area (Å²) in [5.41, 5.74) is 8.37. The molecule has 1 aromatic heterocycles. The van der Waals surface area contributed by atoms with Gasteiger partial charge >= 0.3 is 0 Å². The number of benzene rings is 2. The monoisotopic (exact) mass is 372 g/mol. The zero-order chi connectivity index (χ0) is 19.7. The first-order chi connectivity index (χ1) is 13.5. The summed E-state index contributed by atoms with van der Waals surface area (Å²) in [5, 5.41) is 3.01. The van der Waals surface area contributed by atoms with Crippen molar-refractivity contribution in [2.24, 2.45) is 5.92 Å². The van der Waals surface area contributed by atoms with Gasteiger partial charge in [0.05, 0.1) is 0 Å². The zero-order valence-electron chi connectivity index (χ0n) is 17.0. The highest BCUT2D eigenvalue weighted by molar-refractivity contribution is 5.94. The van der Waals surface area contributed by atoms with E-state index in [1.165, 1.54) is 35.4 Å². The molecular formula is C25H28N2O. The van der Waals surface area contributed by atoms with Gasteiger partial charge in [-0.15, -0.1) is 0 Å². The molecule has 4 rings (SSSR count). The molecule has 3 heteroatoms. The minimum absolute atomic E-state index is 0.0350. The van der Waals surface area contributed by atoms with E-state index in [0.29, 0.717) is 12.1 Å². The fourth-order valence-corrected chi connectivity index (χ4v) is 4.18. The second kappa shape index (κ2) is 7.67. The minimum atomic E-state index is -0.0350. The molecule has 1 aliphatic rings. The van der Waals surface area contributed by atoms with Crippen molar-refractivity contribution in [2.45, 2.75) is 46.6 Å². The summed E-state index contributed by atoms with van der Waals surface area (Å²) >= 11 is 0. The van der Waals surface area contributed by atoms with Crippen molar-refractivity contribution < 1.29 is 4.79 Å². The lowest BCUT2D eigenvalue weighted by Crippen LogP contribution is -2.22. The number of hydrogen-bond acceptors (Lipinski definition) is 1. The number of nitrogens with zero attached hydrogens (tertiary/aromatic N) is 1. The second-order valence-electron chi connectivity index (χ2n) is 8.16. The molecule has 1 aliphatic carbocycles. The summed E-state index contributed by atoms with van der Waals surface area (Å²) in [6.45, 7) is 7.11. The van der Waals surface area contributed by atoms with Gasteiger partial charge in [-0.05, 0) is 80.5 Å². The summed E-state index contributed by atoms with van der Waals surface area (Å²) < 4.78 is 2.36. The largest absolute Gasteiger partial charge is 0.348 e. The number of carbonyl (C=O) groups excluding carboxylic acids is 1. The van der Waals surface area contributed by atoms with Gasteiger partial charge in [0.25, 0.3) is 5.91 Å². The minimum Gasteiger partial charge on any atom is -0.348 e. The number of amides is 1. The van der Waals surface area contributed by atoms with E-state index in [9.17, 15) is 4.79 Å². The van der Waals surface area contributed by atoms with Crippen LogP contribution in [0.5, 0.6) is 0 Å². The Morgan fingerprint density at radius 2 is 1.79 bits per heavy atom. The average molecular weight is 373 g/mol. The van der Waals surface area contributed by atoms with Crippen LogP contribution >= 0.6 is 0 Å². The predicted molar refractivity (Wildman–Crippen MR) is 114 cm³/mol. The molecule has 1 N–H and O–H groups in total. The number of hydrogen-bond donors (Lipinski definition) is 1. The lowest BCUT2D eigenvalue weighted by molar-refractivity contribution is 0.0951. The van der Waals surface area contributed by atoms with E-state index >= 15 is 0 Å². The maximum atomic E-state index is 12.5. The second-order valence-corrected chi connectivity index (χ2v) is 8.16. The Morgan fingerprint density at radius 1 is 1.07 bits per heavy atom. The van der Waals surface area contributed by atoms with E-state index in [-0.39, 0.29) is 5.91 Å². The molecule has 0 radical (unpaired) electrons. The van der Waals surface area contributed by atoms with Crippen LogP contribution in [-0.4, -0.2) is 10.5 Å². The van der Waals surface area contributed by atoms with Gasteiger partial charge in [0, 0.05) is 29.2 Å². The van der Waals surface area contributed by atoms with Gasteiger partial charge in [-0.25, -0.2) is 0 Å². The van der Waals surface area contributed by atoms with Crippen molar-refractivity contribution in [3.8, 4) is 5.69 Å². The fraction of sp³-hybridized carbons (Fsp3) is 0.320. The van der Waals surface area contributed by atoms with Crippen LogP contribution in [0.25, 0.3) is 5.69 Å².